The van der Waals surface area contributed by atoms with E-state index in [-0.39, 0.29) is 6.04 Å². The summed E-state index contributed by atoms with van der Waals surface area (Å²) in [6, 6.07) is 4.68. The van der Waals surface area contributed by atoms with Crippen LogP contribution in [0.5, 0.6) is 0 Å². The van der Waals surface area contributed by atoms with Crippen molar-refractivity contribution in [3.05, 3.63) is 33.3 Å². The second-order valence-electron chi connectivity index (χ2n) is 4.52. The molecule has 0 saturated heterocycles. The maximum absolute atomic E-state index is 5.81. The Bertz CT molecular complexity index is 376. The summed E-state index contributed by atoms with van der Waals surface area (Å²) in [7, 11) is 0. The summed E-state index contributed by atoms with van der Waals surface area (Å²) in [4.78, 5) is 0. The highest BCUT2D eigenvalue weighted by atomic mass is 79.9. The standard InChI is InChI=1S/C13H18BrNO/c1-9(15)2-3-10-6-12(14)7-11-4-5-16-8-13(10)11/h6-7,9H,2-5,8,15H2,1H3. The van der Waals surface area contributed by atoms with Crippen LogP contribution in [0, 0.1) is 0 Å². The molecule has 88 valence electrons. The molecule has 0 aromatic heterocycles. The second kappa shape index (κ2) is 5.30. The van der Waals surface area contributed by atoms with Crippen LogP contribution in [0.3, 0.4) is 0 Å². The number of fused-ring (bicyclic) bond motifs is 1. The van der Waals surface area contributed by atoms with Crippen LogP contribution in [0.1, 0.15) is 30.0 Å². The van der Waals surface area contributed by atoms with Crippen LogP contribution < -0.4 is 5.73 Å². The van der Waals surface area contributed by atoms with E-state index in [1.807, 2.05) is 0 Å². The fourth-order valence-electron chi connectivity index (χ4n) is 2.13. The van der Waals surface area contributed by atoms with E-state index in [0.717, 1.165) is 32.5 Å². The summed E-state index contributed by atoms with van der Waals surface area (Å²) in [6.07, 6.45) is 3.10. The zero-order chi connectivity index (χ0) is 11.5. The third-order valence-electron chi connectivity index (χ3n) is 3.03. The van der Waals surface area contributed by atoms with Gasteiger partial charge in [0.05, 0.1) is 13.2 Å². The molecule has 1 aromatic carbocycles. The molecule has 0 saturated carbocycles. The van der Waals surface area contributed by atoms with Crippen LogP contribution in [0.2, 0.25) is 0 Å². The number of benzene rings is 1. The van der Waals surface area contributed by atoms with Gasteiger partial charge in [0.1, 0.15) is 0 Å². The van der Waals surface area contributed by atoms with Gasteiger partial charge in [-0.2, -0.15) is 0 Å². The summed E-state index contributed by atoms with van der Waals surface area (Å²) in [5.74, 6) is 0. The molecule has 0 aliphatic carbocycles. The molecule has 1 aliphatic rings. The first kappa shape index (κ1) is 12.1. The van der Waals surface area contributed by atoms with Crippen molar-refractivity contribution >= 4 is 15.9 Å². The van der Waals surface area contributed by atoms with Crippen molar-refractivity contribution in [1.29, 1.82) is 0 Å². The topological polar surface area (TPSA) is 35.2 Å². The summed E-state index contributed by atoms with van der Waals surface area (Å²) in [5.41, 5.74) is 10.0. The van der Waals surface area contributed by atoms with E-state index in [1.54, 1.807) is 0 Å². The van der Waals surface area contributed by atoms with Gasteiger partial charge in [-0.25, -0.2) is 0 Å². The molecule has 1 aromatic rings. The van der Waals surface area contributed by atoms with E-state index in [2.05, 4.69) is 35.0 Å². The highest BCUT2D eigenvalue weighted by molar-refractivity contribution is 9.10. The third-order valence-corrected chi connectivity index (χ3v) is 3.49. The lowest BCUT2D eigenvalue weighted by molar-refractivity contribution is 0.110. The first-order valence-corrected chi connectivity index (χ1v) is 6.59. The third kappa shape index (κ3) is 2.84. The minimum absolute atomic E-state index is 0.263. The van der Waals surface area contributed by atoms with Crippen LogP contribution >= 0.6 is 15.9 Å². The van der Waals surface area contributed by atoms with Crippen molar-refractivity contribution in [3.8, 4) is 0 Å². The maximum Gasteiger partial charge on any atom is 0.0722 e. The van der Waals surface area contributed by atoms with Gasteiger partial charge in [-0.1, -0.05) is 15.9 Å². The number of ether oxygens (including phenoxy) is 1. The smallest absolute Gasteiger partial charge is 0.0722 e. The Morgan fingerprint density at radius 1 is 1.50 bits per heavy atom. The van der Waals surface area contributed by atoms with Crippen molar-refractivity contribution in [2.24, 2.45) is 5.73 Å². The average molecular weight is 284 g/mol. The predicted octanol–water partition coefficient (Wildman–Crippen LogP) is 2.80. The predicted molar refractivity (Wildman–Crippen MR) is 69.5 cm³/mol. The first-order chi connectivity index (χ1) is 7.66. The van der Waals surface area contributed by atoms with Gasteiger partial charge in [0.2, 0.25) is 0 Å². The Morgan fingerprint density at radius 3 is 3.06 bits per heavy atom. The minimum Gasteiger partial charge on any atom is -0.376 e. The fraction of sp³-hybridized carbons (Fsp3) is 0.538. The molecule has 0 radical (unpaired) electrons. The van der Waals surface area contributed by atoms with Gasteiger partial charge in [-0.05, 0) is 55.0 Å². The van der Waals surface area contributed by atoms with Gasteiger partial charge in [0, 0.05) is 10.5 Å². The van der Waals surface area contributed by atoms with Crippen molar-refractivity contribution < 1.29 is 4.74 Å². The van der Waals surface area contributed by atoms with Gasteiger partial charge in [0.25, 0.3) is 0 Å². The minimum atomic E-state index is 0.263. The molecule has 3 heteroatoms. The monoisotopic (exact) mass is 283 g/mol. The first-order valence-electron chi connectivity index (χ1n) is 5.80. The van der Waals surface area contributed by atoms with Gasteiger partial charge in [0.15, 0.2) is 0 Å². The average Bonchev–Trinajstić information content (AvgIpc) is 2.25. The zero-order valence-electron chi connectivity index (χ0n) is 9.63. The molecule has 2 N–H and O–H groups in total. The Balaban J connectivity index is 2.25. The number of rotatable bonds is 3. The van der Waals surface area contributed by atoms with Gasteiger partial charge in [-0.3, -0.25) is 0 Å². The number of hydrogen-bond donors (Lipinski definition) is 1. The molecule has 0 fully saturated rings. The summed E-state index contributed by atoms with van der Waals surface area (Å²) in [5, 5.41) is 0. The Kier molecular flexibility index (Phi) is 4.00. The normalized spacial score (nSPS) is 16.9. The van der Waals surface area contributed by atoms with E-state index < -0.39 is 0 Å². The van der Waals surface area contributed by atoms with E-state index in [0.29, 0.717) is 0 Å². The van der Waals surface area contributed by atoms with Crippen molar-refractivity contribution in [2.75, 3.05) is 6.61 Å². The van der Waals surface area contributed by atoms with Crippen LogP contribution in [0.4, 0.5) is 0 Å². The van der Waals surface area contributed by atoms with Crippen LogP contribution in [0.15, 0.2) is 16.6 Å². The molecular weight excluding hydrogens is 266 g/mol. The zero-order valence-corrected chi connectivity index (χ0v) is 11.2. The molecule has 0 amide bonds. The molecule has 16 heavy (non-hydrogen) atoms. The molecule has 2 nitrogen and oxygen atoms in total. The summed E-state index contributed by atoms with van der Waals surface area (Å²) in [6.45, 7) is 3.66. The van der Waals surface area contributed by atoms with E-state index >= 15 is 0 Å². The van der Waals surface area contributed by atoms with Gasteiger partial charge >= 0.3 is 0 Å². The Labute approximate surface area is 105 Å². The number of halogens is 1. The Morgan fingerprint density at radius 2 is 2.31 bits per heavy atom. The van der Waals surface area contributed by atoms with Crippen LogP contribution in [-0.4, -0.2) is 12.6 Å². The van der Waals surface area contributed by atoms with Crippen molar-refractivity contribution in [2.45, 2.75) is 38.8 Å². The van der Waals surface area contributed by atoms with E-state index in [1.165, 1.54) is 21.2 Å². The highest BCUT2D eigenvalue weighted by Crippen LogP contribution is 2.26. The fourth-order valence-corrected chi connectivity index (χ4v) is 2.68. The van der Waals surface area contributed by atoms with Crippen molar-refractivity contribution in [1.82, 2.24) is 0 Å². The lowest BCUT2D eigenvalue weighted by Gasteiger charge is -2.21. The van der Waals surface area contributed by atoms with E-state index in [4.69, 9.17) is 10.5 Å². The van der Waals surface area contributed by atoms with Crippen LogP contribution in [0.25, 0.3) is 0 Å². The number of nitrogens with two attached hydrogens (primary N) is 1. The lowest BCUT2D eigenvalue weighted by atomic mass is 9.94. The maximum atomic E-state index is 5.81. The second-order valence-corrected chi connectivity index (χ2v) is 5.44. The highest BCUT2D eigenvalue weighted by Gasteiger charge is 2.14. The molecule has 1 heterocycles. The van der Waals surface area contributed by atoms with Crippen molar-refractivity contribution in [3.63, 3.8) is 0 Å². The van der Waals surface area contributed by atoms with Gasteiger partial charge < -0.3 is 10.5 Å². The quantitative estimate of drug-likeness (QED) is 0.926. The molecule has 1 atom stereocenters. The SMILES string of the molecule is CC(N)CCc1cc(Br)cc2c1COCC2. The van der Waals surface area contributed by atoms with Gasteiger partial charge in [-0.15, -0.1) is 0 Å². The largest absolute Gasteiger partial charge is 0.376 e. The lowest BCUT2D eigenvalue weighted by Crippen LogP contribution is -2.17. The van der Waals surface area contributed by atoms with Crippen LogP contribution in [-0.2, 0) is 24.2 Å². The molecule has 0 spiro atoms. The van der Waals surface area contributed by atoms with E-state index in [9.17, 15) is 0 Å². The molecular formula is C13H18BrNO. The molecule has 0 bridgehead atoms. The summed E-state index contributed by atoms with van der Waals surface area (Å²) >= 11 is 3.58. The molecule has 1 unspecified atom stereocenters. The summed E-state index contributed by atoms with van der Waals surface area (Å²) < 4.78 is 6.71. The molecule has 1 aliphatic heterocycles. The number of aryl methyl sites for hydroxylation is 1. The number of hydrogen-bond acceptors (Lipinski definition) is 2. The Hall–Kier alpha value is -0.380. The molecule has 2 rings (SSSR count).